The zero-order valence-corrected chi connectivity index (χ0v) is 20.8. The largest absolute Gasteiger partial charge is 0.504 e. The molecule has 2 N–H and O–H groups in total. The summed E-state index contributed by atoms with van der Waals surface area (Å²) in [5, 5.41) is 29.6. The number of ketones is 1. The topological polar surface area (TPSA) is 132 Å². The molecule has 0 fully saturated rings. The molecule has 2 heterocycles. The van der Waals surface area contributed by atoms with Crippen LogP contribution < -0.4 is 10.1 Å². The molecule has 0 radical (unpaired) electrons. The standard InChI is InChI=1S/C25H25N5O5S/c1-25(2)11-17-21(19(32)12-25)22(15-6-9-18(31)20(10-15)35-3)29-23(26-17)27-24(28-29)36-13-14-4-7-16(8-5-14)30(33)34/h4-10,22,31H,11-13H2,1-3H3,(H,26,27,28). The molecule has 5 rings (SSSR count). The van der Waals surface area contributed by atoms with Gasteiger partial charge in [-0.05, 0) is 35.1 Å². The van der Waals surface area contributed by atoms with Gasteiger partial charge in [0.15, 0.2) is 17.3 Å². The average Bonchev–Trinajstić information content (AvgIpc) is 3.24. The molecule has 0 saturated carbocycles. The van der Waals surface area contributed by atoms with E-state index in [-0.39, 0.29) is 22.6 Å². The molecule has 36 heavy (non-hydrogen) atoms. The summed E-state index contributed by atoms with van der Waals surface area (Å²) in [6, 6.07) is 10.9. The average molecular weight is 508 g/mol. The van der Waals surface area contributed by atoms with Crippen molar-refractivity contribution >= 4 is 29.2 Å². The number of nitro benzene ring substituents is 1. The lowest BCUT2D eigenvalue weighted by Gasteiger charge is -2.38. The maximum Gasteiger partial charge on any atom is 0.269 e. The van der Waals surface area contributed by atoms with Gasteiger partial charge in [-0.25, -0.2) is 4.68 Å². The summed E-state index contributed by atoms with van der Waals surface area (Å²) in [4.78, 5) is 28.5. The number of ether oxygens (including phenoxy) is 1. The molecule has 2 aliphatic rings. The highest BCUT2D eigenvalue weighted by atomic mass is 32.2. The number of non-ortho nitro benzene ring substituents is 1. The van der Waals surface area contributed by atoms with Crippen LogP contribution in [-0.2, 0) is 10.5 Å². The van der Waals surface area contributed by atoms with Gasteiger partial charge in [-0.1, -0.05) is 43.8 Å². The van der Waals surface area contributed by atoms with Gasteiger partial charge in [0.1, 0.15) is 6.04 Å². The van der Waals surface area contributed by atoms with Gasteiger partial charge in [-0.15, -0.1) is 5.10 Å². The summed E-state index contributed by atoms with van der Waals surface area (Å²) in [7, 11) is 1.48. The van der Waals surface area contributed by atoms with Crippen LogP contribution in [0.25, 0.3) is 0 Å². The molecule has 1 unspecified atom stereocenters. The Morgan fingerprint density at radius 2 is 2.00 bits per heavy atom. The highest BCUT2D eigenvalue weighted by Gasteiger charge is 2.42. The summed E-state index contributed by atoms with van der Waals surface area (Å²) in [5.41, 5.74) is 2.99. The van der Waals surface area contributed by atoms with E-state index >= 15 is 0 Å². The Morgan fingerprint density at radius 1 is 1.25 bits per heavy atom. The van der Waals surface area contributed by atoms with Crippen molar-refractivity contribution in [2.45, 2.75) is 43.6 Å². The first-order valence-electron chi connectivity index (χ1n) is 11.4. The van der Waals surface area contributed by atoms with Gasteiger partial charge in [-0.2, -0.15) is 4.98 Å². The molecular formula is C25H25N5O5S. The Morgan fingerprint density at radius 3 is 2.69 bits per heavy atom. The lowest BCUT2D eigenvalue weighted by atomic mass is 9.73. The fourth-order valence-electron chi connectivity index (χ4n) is 4.68. The van der Waals surface area contributed by atoms with Crippen molar-refractivity contribution in [3.05, 3.63) is 75.0 Å². The first kappa shape index (κ1) is 23.9. The molecule has 0 bridgehead atoms. The van der Waals surface area contributed by atoms with Crippen molar-refractivity contribution in [2.75, 3.05) is 12.4 Å². The van der Waals surface area contributed by atoms with Crippen molar-refractivity contribution in [3.8, 4) is 11.5 Å². The normalized spacial score (nSPS) is 18.3. The number of phenols is 1. The van der Waals surface area contributed by atoms with Gasteiger partial charge in [0, 0.05) is 35.6 Å². The summed E-state index contributed by atoms with van der Waals surface area (Å²) in [5.74, 6) is 1.43. The fraction of sp³-hybridized carbons (Fsp3) is 0.320. The van der Waals surface area contributed by atoms with E-state index in [2.05, 4.69) is 24.1 Å². The first-order valence-corrected chi connectivity index (χ1v) is 12.4. The van der Waals surface area contributed by atoms with Gasteiger partial charge in [-0.3, -0.25) is 14.9 Å². The summed E-state index contributed by atoms with van der Waals surface area (Å²) in [6.07, 6.45) is 1.11. The number of hydrogen-bond acceptors (Lipinski definition) is 9. The van der Waals surface area contributed by atoms with Crippen molar-refractivity contribution < 1.29 is 19.6 Å². The number of methoxy groups -OCH3 is 1. The number of nitro groups is 1. The smallest absolute Gasteiger partial charge is 0.269 e. The molecule has 0 saturated heterocycles. The first-order chi connectivity index (χ1) is 17.1. The second kappa shape index (κ2) is 8.98. The Hall–Kier alpha value is -3.86. The number of nitrogens with one attached hydrogen (secondary N) is 1. The number of anilines is 1. The number of allylic oxidation sites excluding steroid dienone is 2. The van der Waals surface area contributed by atoms with Crippen LogP contribution in [0.15, 0.2) is 58.9 Å². The maximum atomic E-state index is 13.4. The predicted octanol–water partition coefficient (Wildman–Crippen LogP) is 4.85. The number of aromatic nitrogens is 3. The summed E-state index contributed by atoms with van der Waals surface area (Å²) < 4.78 is 7.03. The minimum Gasteiger partial charge on any atom is -0.504 e. The summed E-state index contributed by atoms with van der Waals surface area (Å²) in [6.45, 7) is 4.14. The van der Waals surface area contributed by atoms with E-state index in [1.165, 1.54) is 31.0 Å². The van der Waals surface area contributed by atoms with Gasteiger partial charge in [0.05, 0.1) is 12.0 Å². The number of hydrogen-bond donors (Lipinski definition) is 2. The van der Waals surface area contributed by atoms with Gasteiger partial charge >= 0.3 is 0 Å². The molecule has 186 valence electrons. The quantitative estimate of drug-likeness (QED) is 0.273. The van der Waals surface area contributed by atoms with Crippen molar-refractivity contribution in [2.24, 2.45) is 5.41 Å². The van der Waals surface area contributed by atoms with Crippen LogP contribution in [0.1, 0.15) is 43.9 Å². The molecule has 1 aliphatic carbocycles. The molecule has 2 aromatic carbocycles. The van der Waals surface area contributed by atoms with E-state index in [9.17, 15) is 20.0 Å². The lowest BCUT2D eigenvalue weighted by molar-refractivity contribution is -0.384. The van der Waals surface area contributed by atoms with Crippen LogP contribution in [0.2, 0.25) is 0 Å². The molecule has 1 atom stereocenters. The Bertz CT molecular complexity index is 1400. The number of benzene rings is 2. The van der Waals surface area contributed by atoms with Gasteiger partial charge in [0.2, 0.25) is 11.1 Å². The number of carbonyl (C=O) groups is 1. The molecule has 11 heteroatoms. The van der Waals surface area contributed by atoms with Crippen LogP contribution >= 0.6 is 11.8 Å². The zero-order chi connectivity index (χ0) is 25.6. The number of Topliss-reactive ketones (excluding diaryl/α,β-unsaturated/α-hetero) is 1. The third-order valence-corrected chi connectivity index (χ3v) is 7.26. The minimum absolute atomic E-state index is 0.0126. The molecule has 10 nitrogen and oxygen atoms in total. The third-order valence-electron chi connectivity index (χ3n) is 6.35. The predicted molar refractivity (Wildman–Crippen MR) is 134 cm³/mol. The second-order valence-corrected chi connectivity index (χ2v) is 10.6. The highest BCUT2D eigenvalue weighted by molar-refractivity contribution is 7.98. The van der Waals surface area contributed by atoms with Crippen LogP contribution in [0.4, 0.5) is 11.6 Å². The zero-order valence-electron chi connectivity index (χ0n) is 20.0. The minimum atomic E-state index is -0.518. The van der Waals surface area contributed by atoms with Gasteiger partial charge in [0.25, 0.3) is 5.69 Å². The monoisotopic (exact) mass is 507 g/mol. The van der Waals surface area contributed by atoms with Crippen LogP contribution in [0.3, 0.4) is 0 Å². The Kier molecular flexibility index (Phi) is 5.95. The third kappa shape index (κ3) is 4.41. The van der Waals surface area contributed by atoms with E-state index < -0.39 is 11.0 Å². The second-order valence-electron chi connectivity index (χ2n) is 9.67. The van der Waals surface area contributed by atoms with Crippen LogP contribution in [0, 0.1) is 15.5 Å². The molecule has 3 aromatic rings. The number of phenolic OH excluding ortho intramolecular Hbond substituents is 1. The maximum absolute atomic E-state index is 13.4. The van der Waals surface area contributed by atoms with E-state index in [1.807, 2.05) is 0 Å². The van der Waals surface area contributed by atoms with E-state index in [1.54, 1.807) is 35.0 Å². The lowest BCUT2D eigenvalue weighted by Crippen LogP contribution is -2.36. The van der Waals surface area contributed by atoms with E-state index in [0.29, 0.717) is 41.0 Å². The fourth-order valence-corrected chi connectivity index (χ4v) is 5.47. The Labute approximate surface area is 211 Å². The number of rotatable bonds is 6. The molecule has 0 amide bonds. The van der Waals surface area contributed by atoms with Gasteiger partial charge < -0.3 is 15.2 Å². The van der Waals surface area contributed by atoms with E-state index in [4.69, 9.17) is 9.84 Å². The van der Waals surface area contributed by atoms with Crippen molar-refractivity contribution in [3.63, 3.8) is 0 Å². The van der Waals surface area contributed by atoms with Crippen LogP contribution in [-0.4, -0.2) is 37.7 Å². The Balaban J connectivity index is 1.50. The van der Waals surface area contributed by atoms with E-state index in [0.717, 1.165) is 16.8 Å². The molecule has 1 aromatic heterocycles. The van der Waals surface area contributed by atoms with Crippen LogP contribution in [0.5, 0.6) is 11.5 Å². The number of nitrogens with zero attached hydrogens (tertiary/aromatic N) is 4. The van der Waals surface area contributed by atoms with Crippen molar-refractivity contribution in [1.29, 1.82) is 0 Å². The summed E-state index contributed by atoms with van der Waals surface area (Å²) >= 11 is 1.40. The number of carbonyl (C=O) groups excluding carboxylic acids is 1. The number of thioether (sulfide) groups is 1. The molecule has 0 spiro atoms. The molecular weight excluding hydrogens is 482 g/mol. The number of fused-ring (bicyclic) bond motifs is 1. The molecule has 1 aliphatic heterocycles. The SMILES string of the molecule is COc1cc(C2C3=C(CC(C)(C)CC3=O)Nc3nc(SCc4ccc([N+](=O)[O-])cc4)nn32)ccc1O. The number of aromatic hydroxyl groups is 1. The highest BCUT2D eigenvalue weighted by Crippen LogP contribution is 2.46. The van der Waals surface area contributed by atoms with Crippen molar-refractivity contribution in [1.82, 2.24) is 14.8 Å².